The average Bonchev–Trinajstić information content (AvgIpc) is 3.00. The SMILES string of the molecule is O=C(Sc1ccc[n+](CCCN2C(=O)c3ccccc3C2=O)c1)c1ccccc1. The number of fused-ring (bicyclic) bond motifs is 1. The molecule has 4 rings (SSSR count). The Balaban J connectivity index is 1.35. The van der Waals surface area contributed by atoms with Gasteiger partial charge in [0.2, 0.25) is 5.12 Å². The van der Waals surface area contributed by atoms with E-state index in [-0.39, 0.29) is 16.9 Å². The van der Waals surface area contributed by atoms with Crippen LogP contribution in [-0.2, 0) is 6.54 Å². The van der Waals surface area contributed by atoms with Crippen molar-refractivity contribution >= 4 is 28.7 Å². The van der Waals surface area contributed by atoms with Gasteiger partial charge in [0.1, 0.15) is 6.54 Å². The summed E-state index contributed by atoms with van der Waals surface area (Å²) < 4.78 is 1.97. The Labute approximate surface area is 173 Å². The summed E-state index contributed by atoms with van der Waals surface area (Å²) in [6.45, 7) is 1.00. The molecule has 2 aromatic carbocycles. The maximum absolute atomic E-state index is 12.4. The van der Waals surface area contributed by atoms with E-state index < -0.39 is 0 Å². The monoisotopic (exact) mass is 403 g/mol. The molecule has 144 valence electrons. The van der Waals surface area contributed by atoms with Crippen LogP contribution in [0.1, 0.15) is 37.5 Å². The first-order valence-corrected chi connectivity index (χ1v) is 10.2. The van der Waals surface area contributed by atoms with Crippen LogP contribution in [0.2, 0.25) is 0 Å². The number of rotatable bonds is 6. The molecule has 1 aliphatic heterocycles. The summed E-state index contributed by atoms with van der Waals surface area (Å²) in [5.41, 5.74) is 1.62. The van der Waals surface area contributed by atoms with Crippen LogP contribution in [0.5, 0.6) is 0 Å². The summed E-state index contributed by atoms with van der Waals surface area (Å²) in [4.78, 5) is 39.4. The second kappa shape index (κ2) is 8.41. The molecule has 0 spiro atoms. The molecule has 0 saturated carbocycles. The number of carbonyl (C=O) groups is 3. The number of hydrogen-bond acceptors (Lipinski definition) is 4. The van der Waals surface area contributed by atoms with Crippen LogP contribution < -0.4 is 4.57 Å². The molecule has 0 atom stereocenters. The summed E-state index contributed by atoms with van der Waals surface area (Å²) in [6.07, 6.45) is 4.46. The zero-order valence-corrected chi connectivity index (χ0v) is 16.5. The van der Waals surface area contributed by atoms with Gasteiger partial charge in [-0.2, -0.15) is 0 Å². The van der Waals surface area contributed by atoms with Gasteiger partial charge in [0.25, 0.3) is 11.8 Å². The normalized spacial score (nSPS) is 12.9. The Hall–Kier alpha value is -3.25. The largest absolute Gasteiger partial charge is 0.281 e. The summed E-state index contributed by atoms with van der Waals surface area (Å²) in [5.74, 6) is -0.457. The van der Waals surface area contributed by atoms with E-state index in [4.69, 9.17) is 0 Å². The summed E-state index contributed by atoms with van der Waals surface area (Å²) in [5, 5.41) is -0.00521. The number of nitrogens with zero attached hydrogens (tertiary/aromatic N) is 2. The molecule has 0 N–H and O–H groups in total. The van der Waals surface area contributed by atoms with E-state index in [1.54, 1.807) is 36.4 Å². The molecular formula is C23H19N2O3S+. The zero-order chi connectivity index (χ0) is 20.2. The van der Waals surface area contributed by atoms with Gasteiger partial charge in [-0.1, -0.05) is 42.5 Å². The van der Waals surface area contributed by atoms with Crippen molar-refractivity contribution in [3.8, 4) is 0 Å². The number of amides is 2. The molecule has 2 heterocycles. The molecule has 1 aromatic heterocycles. The average molecular weight is 403 g/mol. The van der Waals surface area contributed by atoms with Gasteiger partial charge in [-0.05, 0) is 30.0 Å². The van der Waals surface area contributed by atoms with E-state index in [1.165, 1.54) is 16.7 Å². The first-order valence-electron chi connectivity index (χ1n) is 9.35. The minimum Gasteiger partial charge on any atom is -0.281 e. The van der Waals surface area contributed by atoms with E-state index in [2.05, 4.69) is 0 Å². The number of benzene rings is 2. The lowest BCUT2D eigenvalue weighted by molar-refractivity contribution is -0.699. The van der Waals surface area contributed by atoms with Crippen molar-refractivity contribution in [2.45, 2.75) is 17.9 Å². The molecule has 0 fully saturated rings. The first-order chi connectivity index (χ1) is 14.1. The molecular weight excluding hydrogens is 384 g/mol. The van der Waals surface area contributed by atoms with Gasteiger partial charge < -0.3 is 0 Å². The predicted molar refractivity (Wildman–Crippen MR) is 110 cm³/mol. The molecule has 2 amide bonds. The van der Waals surface area contributed by atoms with Gasteiger partial charge in [-0.15, -0.1) is 0 Å². The summed E-state index contributed by atoms with van der Waals surface area (Å²) in [6, 6.07) is 19.9. The van der Waals surface area contributed by atoms with Crippen LogP contribution in [0, 0.1) is 0 Å². The van der Waals surface area contributed by atoms with Gasteiger partial charge in [0.15, 0.2) is 12.4 Å². The molecule has 0 saturated heterocycles. The number of thioether (sulfide) groups is 1. The number of aromatic nitrogens is 1. The second-order valence-electron chi connectivity index (χ2n) is 6.69. The van der Waals surface area contributed by atoms with Crippen molar-refractivity contribution in [2.24, 2.45) is 0 Å². The lowest BCUT2D eigenvalue weighted by Gasteiger charge is -2.12. The zero-order valence-electron chi connectivity index (χ0n) is 15.7. The third-order valence-electron chi connectivity index (χ3n) is 4.73. The van der Waals surface area contributed by atoms with Crippen LogP contribution in [-0.4, -0.2) is 28.4 Å². The number of pyridine rings is 1. The third kappa shape index (κ3) is 4.12. The van der Waals surface area contributed by atoms with Crippen molar-refractivity contribution in [3.63, 3.8) is 0 Å². The molecule has 0 unspecified atom stereocenters. The van der Waals surface area contributed by atoms with Gasteiger partial charge >= 0.3 is 0 Å². The predicted octanol–water partition coefficient (Wildman–Crippen LogP) is 3.59. The quantitative estimate of drug-likeness (QED) is 0.359. The van der Waals surface area contributed by atoms with Crippen LogP contribution in [0.3, 0.4) is 0 Å². The van der Waals surface area contributed by atoms with Crippen molar-refractivity contribution < 1.29 is 19.0 Å². The highest BCUT2D eigenvalue weighted by molar-refractivity contribution is 8.14. The molecule has 3 aromatic rings. The number of carbonyl (C=O) groups excluding carboxylic acids is 3. The smallest absolute Gasteiger partial charge is 0.261 e. The fourth-order valence-corrected chi connectivity index (χ4v) is 4.09. The Bertz CT molecular complexity index is 1050. The van der Waals surface area contributed by atoms with Gasteiger partial charge in [-0.3, -0.25) is 19.3 Å². The second-order valence-corrected chi connectivity index (χ2v) is 7.74. The minimum atomic E-state index is -0.228. The van der Waals surface area contributed by atoms with Gasteiger partial charge in [-0.25, -0.2) is 4.57 Å². The van der Waals surface area contributed by atoms with Gasteiger partial charge in [0, 0.05) is 24.6 Å². The van der Waals surface area contributed by atoms with Crippen molar-refractivity contribution in [3.05, 3.63) is 95.8 Å². The van der Waals surface area contributed by atoms with Crippen molar-refractivity contribution in [1.82, 2.24) is 4.90 Å². The van der Waals surface area contributed by atoms with Crippen LogP contribution >= 0.6 is 11.8 Å². The highest BCUT2D eigenvalue weighted by Gasteiger charge is 2.34. The maximum atomic E-state index is 12.4. The van der Waals surface area contributed by atoms with Crippen LogP contribution in [0.25, 0.3) is 0 Å². The fraction of sp³-hybridized carbons (Fsp3) is 0.130. The van der Waals surface area contributed by atoms with E-state index in [1.807, 2.05) is 47.3 Å². The topological polar surface area (TPSA) is 58.3 Å². The van der Waals surface area contributed by atoms with Crippen LogP contribution in [0.15, 0.2) is 84.0 Å². The number of hydrogen-bond donors (Lipinski definition) is 0. The van der Waals surface area contributed by atoms with E-state index in [0.29, 0.717) is 36.2 Å². The fourth-order valence-electron chi connectivity index (χ4n) is 3.29. The first kappa shape index (κ1) is 19.1. The summed E-state index contributed by atoms with van der Waals surface area (Å²) >= 11 is 1.18. The summed E-state index contributed by atoms with van der Waals surface area (Å²) in [7, 11) is 0. The molecule has 0 aliphatic carbocycles. The molecule has 6 heteroatoms. The lowest BCUT2D eigenvalue weighted by atomic mass is 10.1. The third-order valence-corrected chi connectivity index (χ3v) is 5.63. The van der Waals surface area contributed by atoms with Crippen molar-refractivity contribution in [2.75, 3.05) is 6.54 Å². The van der Waals surface area contributed by atoms with Crippen molar-refractivity contribution in [1.29, 1.82) is 0 Å². The minimum absolute atomic E-state index is 0.00521. The molecule has 29 heavy (non-hydrogen) atoms. The highest BCUT2D eigenvalue weighted by atomic mass is 32.2. The highest BCUT2D eigenvalue weighted by Crippen LogP contribution is 2.23. The molecule has 5 nitrogen and oxygen atoms in total. The molecule has 0 radical (unpaired) electrons. The Kier molecular flexibility index (Phi) is 5.53. The number of imide groups is 1. The Morgan fingerprint density at radius 2 is 1.52 bits per heavy atom. The van der Waals surface area contributed by atoms with Gasteiger partial charge in [0.05, 0.1) is 16.0 Å². The van der Waals surface area contributed by atoms with E-state index in [0.717, 1.165) is 4.90 Å². The molecule has 0 bridgehead atoms. The Morgan fingerprint density at radius 1 is 0.862 bits per heavy atom. The molecule has 1 aliphatic rings. The Morgan fingerprint density at radius 3 is 2.21 bits per heavy atom. The maximum Gasteiger partial charge on any atom is 0.261 e. The number of aryl methyl sites for hydroxylation is 1. The lowest BCUT2D eigenvalue weighted by Crippen LogP contribution is -2.37. The van der Waals surface area contributed by atoms with E-state index >= 15 is 0 Å². The van der Waals surface area contributed by atoms with E-state index in [9.17, 15) is 14.4 Å². The standard InChI is InChI=1S/C23H19N2O3S/c26-21-19-11-4-5-12-20(19)22(27)25(21)15-7-14-24-13-6-10-18(16-24)29-23(28)17-8-2-1-3-9-17/h1-6,8-13,16H,7,14-15H2/q+1. The van der Waals surface area contributed by atoms with Crippen LogP contribution in [0.4, 0.5) is 0 Å².